The van der Waals surface area contributed by atoms with Crippen LogP contribution in [0.25, 0.3) is 0 Å². The maximum absolute atomic E-state index is 16.2. The summed E-state index contributed by atoms with van der Waals surface area (Å²) in [5.74, 6) is -6.59. The van der Waals surface area contributed by atoms with Crippen molar-refractivity contribution < 1.29 is 40.6 Å². The summed E-state index contributed by atoms with van der Waals surface area (Å²) in [5, 5.41) is 21.6. The summed E-state index contributed by atoms with van der Waals surface area (Å²) >= 11 is 0. The SMILES string of the molecule is NCC(Oc1ccc(C23CC(C(F)(F)[C@](O)(Cn4cnnn4)c4ccc(F)cc4F)(C2)C3)cn1)C(F)(F)F. The lowest BCUT2D eigenvalue weighted by atomic mass is 9.30. The summed E-state index contributed by atoms with van der Waals surface area (Å²) in [7, 11) is 0. The van der Waals surface area contributed by atoms with Crippen LogP contribution in [0.15, 0.2) is 42.9 Å². The Balaban J connectivity index is 1.38. The number of nitrogens with zero attached hydrogens (tertiary/aromatic N) is 5. The molecule has 3 aliphatic carbocycles. The first-order valence-corrected chi connectivity index (χ1v) is 11.4. The number of halogens is 7. The van der Waals surface area contributed by atoms with Gasteiger partial charge in [0.1, 0.15) is 18.0 Å². The van der Waals surface area contributed by atoms with Gasteiger partial charge in [-0.25, -0.2) is 27.2 Å². The minimum atomic E-state index is -4.69. The highest BCUT2D eigenvalue weighted by atomic mass is 19.4. The predicted molar refractivity (Wildman–Crippen MR) is 115 cm³/mol. The highest BCUT2D eigenvalue weighted by molar-refractivity contribution is 5.42. The van der Waals surface area contributed by atoms with Gasteiger partial charge in [0.25, 0.3) is 5.92 Å². The van der Waals surface area contributed by atoms with Crippen molar-refractivity contribution in [1.29, 1.82) is 0 Å². The number of tetrazole rings is 1. The minimum Gasteiger partial charge on any atom is -0.463 e. The van der Waals surface area contributed by atoms with Gasteiger partial charge in [0, 0.05) is 35.9 Å². The Morgan fingerprint density at radius 2 is 1.79 bits per heavy atom. The van der Waals surface area contributed by atoms with E-state index in [2.05, 4.69) is 20.5 Å². The fraction of sp³-hybridized carbons (Fsp3) is 0.478. The molecule has 0 aliphatic heterocycles. The molecule has 15 heteroatoms. The zero-order valence-corrected chi connectivity index (χ0v) is 19.5. The monoisotopic (exact) mass is 546 g/mol. The van der Waals surface area contributed by atoms with Gasteiger partial charge in [-0.1, -0.05) is 6.07 Å². The van der Waals surface area contributed by atoms with E-state index < -0.39 is 64.9 Å². The van der Waals surface area contributed by atoms with Crippen LogP contribution in [0.5, 0.6) is 5.88 Å². The quantitative estimate of drug-likeness (QED) is 0.397. The molecule has 3 saturated carbocycles. The molecule has 0 amide bonds. The van der Waals surface area contributed by atoms with Crippen molar-refractivity contribution in [3.05, 3.63) is 65.6 Å². The van der Waals surface area contributed by atoms with E-state index in [1.165, 1.54) is 18.3 Å². The number of rotatable bonds is 9. The summed E-state index contributed by atoms with van der Waals surface area (Å²) in [6.07, 6.45) is -5.02. The molecule has 1 unspecified atom stereocenters. The fourth-order valence-corrected chi connectivity index (χ4v) is 5.69. The van der Waals surface area contributed by atoms with Crippen LogP contribution in [-0.2, 0) is 17.6 Å². The summed E-state index contributed by atoms with van der Waals surface area (Å²) in [4.78, 5) is 3.88. The van der Waals surface area contributed by atoms with Crippen molar-refractivity contribution >= 4 is 0 Å². The standard InChI is InChI=1S/C23H21F7N6O2/c24-14-2-3-15(16(25)5-14)21(37,11-36-12-33-34-35-36)23(29,30)20-8-19(9-20,10-20)13-1-4-18(32-7-13)38-17(6-31)22(26,27)28/h1-5,7,12,17,37H,6,8-11,31H2/t17?,19?,20?,21-/m0/s1. The molecule has 6 rings (SSSR count). The van der Waals surface area contributed by atoms with Crippen molar-refractivity contribution in [2.45, 2.75) is 55.0 Å². The van der Waals surface area contributed by atoms with E-state index in [0.29, 0.717) is 11.6 Å². The summed E-state index contributed by atoms with van der Waals surface area (Å²) in [6, 6.07) is 4.59. The molecule has 3 fully saturated rings. The zero-order chi connectivity index (χ0) is 27.6. The number of benzene rings is 1. The molecule has 3 N–H and O–H groups in total. The molecular weight excluding hydrogens is 525 g/mol. The van der Waals surface area contributed by atoms with Crippen molar-refractivity contribution in [3.8, 4) is 5.88 Å². The molecule has 2 bridgehead atoms. The Kier molecular flexibility index (Phi) is 5.94. The molecule has 2 heterocycles. The van der Waals surface area contributed by atoms with Gasteiger partial charge >= 0.3 is 6.18 Å². The van der Waals surface area contributed by atoms with E-state index in [1.54, 1.807) is 0 Å². The van der Waals surface area contributed by atoms with Gasteiger partial charge < -0.3 is 15.6 Å². The third-order valence-corrected chi connectivity index (χ3v) is 7.57. The molecule has 2 aromatic heterocycles. The maximum atomic E-state index is 16.2. The van der Waals surface area contributed by atoms with E-state index >= 15 is 8.78 Å². The molecule has 2 atom stereocenters. The summed E-state index contributed by atoms with van der Waals surface area (Å²) in [5.41, 5.74) is -0.783. The van der Waals surface area contributed by atoms with E-state index in [0.717, 1.165) is 23.1 Å². The molecule has 204 valence electrons. The van der Waals surface area contributed by atoms with Crippen molar-refractivity contribution in [2.75, 3.05) is 6.54 Å². The van der Waals surface area contributed by atoms with Gasteiger partial charge in [-0.05, 0) is 52.8 Å². The highest BCUT2D eigenvalue weighted by Gasteiger charge is 2.82. The molecule has 38 heavy (non-hydrogen) atoms. The smallest absolute Gasteiger partial charge is 0.426 e. The van der Waals surface area contributed by atoms with Gasteiger partial charge in [-0.2, -0.15) is 13.2 Å². The molecule has 0 saturated heterocycles. The summed E-state index contributed by atoms with van der Waals surface area (Å²) < 4.78 is 105. The van der Waals surface area contributed by atoms with E-state index in [9.17, 15) is 27.1 Å². The van der Waals surface area contributed by atoms with Gasteiger partial charge in [0.15, 0.2) is 5.60 Å². The number of aliphatic hydroxyl groups is 1. The molecule has 0 radical (unpaired) electrons. The molecule has 3 aromatic rings. The van der Waals surface area contributed by atoms with Crippen LogP contribution in [0.1, 0.15) is 30.4 Å². The second kappa shape index (κ2) is 8.59. The fourth-order valence-electron chi connectivity index (χ4n) is 5.69. The zero-order valence-electron chi connectivity index (χ0n) is 19.5. The van der Waals surface area contributed by atoms with Crippen LogP contribution in [0.2, 0.25) is 0 Å². The first-order valence-electron chi connectivity index (χ1n) is 11.4. The van der Waals surface area contributed by atoms with Crippen molar-refractivity contribution in [3.63, 3.8) is 0 Å². The minimum absolute atomic E-state index is 0.108. The van der Waals surface area contributed by atoms with Crippen molar-refractivity contribution in [1.82, 2.24) is 25.2 Å². The van der Waals surface area contributed by atoms with Crippen LogP contribution >= 0.6 is 0 Å². The lowest BCUT2D eigenvalue weighted by molar-refractivity contribution is -0.347. The highest BCUT2D eigenvalue weighted by Crippen LogP contribution is 2.80. The Bertz CT molecular complexity index is 1300. The topological polar surface area (TPSA) is 112 Å². The number of nitrogens with two attached hydrogens (primary N) is 1. The first-order chi connectivity index (χ1) is 17.8. The summed E-state index contributed by atoms with van der Waals surface area (Å²) in [6.45, 7) is -1.71. The second-order valence-electron chi connectivity index (χ2n) is 9.93. The maximum Gasteiger partial charge on any atom is 0.426 e. The van der Waals surface area contributed by atoms with Crippen molar-refractivity contribution in [2.24, 2.45) is 11.1 Å². The third-order valence-electron chi connectivity index (χ3n) is 7.57. The van der Waals surface area contributed by atoms with Gasteiger partial charge in [-0.3, -0.25) is 0 Å². The van der Waals surface area contributed by atoms with Gasteiger partial charge in [0.2, 0.25) is 12.0 Å². The Morgan fingerprint density at radius 3 is 2.32 bits per heavy atom. The molecule has 1 aromatic carbocycles. The van der Waals surface area contributed by atoms with Crippen LogP contribution in [0.3, 0.4) is 0 Å². The van der Waals surface area contributed by atoms with Crippen LogP contribution in [0, 0.1) is 17.0 Å². The number of ether oxygens (including phenoxy) is 1. The molecule has 8 nitrogen and oxygen atoms in total. The van der Waals surface area contributed by atoms with Crippen LogP contribution in [0.4, 0.5) is 30.7 Å². The Labute approximate surface area is 210 Å². The number of aromatic nitrogens is 5. The largest absolute Gasteiger partial charge is 0.463 e. The van der Waals surface area contributed by atoms with Gasteiger partial charge in [0.05, 0.1) is 6.54 Å². The number of hydrogen-bond acceptors (Lipinski definition) is 7. The average Bonchev–Trinajstić information content (AvgIpc) is 3.28. The van der Waals surface area contributed by atoms with Crippen LogP contribution < -0.4 is 10.5 Å². The molecular formula is C23H21F7N6O2. The first kappa shape index (κ1) is 26.3. The Hall–Kier alpha value is -3.33. The number of pyridine rings is 1. The van der Waals surface area contributed by atoms with E-state index in [4.69, 9.17) is 10.5 Å². The molecule has 3 aliphatic rings. The van der Waals surface area contributed by atoms with E-state index in [1.807, 2.05) is 0 Å². The lowest BCUT2D eigenvalue weighted by Crippen LogP contribution is -2.76. The number of hydrogen-bond donors (Lipinski definition) is 2. The molecule has 0 spiro atoms. The van der Waals surface area contributed by atoms with Crippen LogP contribution in [-0.4, -0.2) is 55.0 Å². The second-order valence-corrected chi connectivity index (χ2v) is 9.93. The van der Waals surface area contributed by atoms with Gasteiger partial charge in [-0.15, -0.1) is 5.10 Å². The Morgan fingerprint density at radius 1 is 1.08 bits per heavy atom. The third kappa shape index (κ3) is 3.90. The number of alkyl halides is 5. The predicted octanol–water partition coefficient (Wildman–Crippen LogP) is 3.26. The average molecular weight is 546 g/mol. The lowest BCUT2D eigenvalue weighted by Gasteiger charge is -2.74. The van der Waals surface area contributed by atoms with E-state index in [-0.39, 0.29) is 25.1 Å². The normalized spacial score (nSPS) is 25.2.